The zero-order chi connectivity index (χ0) is 18.8. The Balaban J connectivity index is 2.21. The Morgan fingerprint density at radius 1 is 1.36 bits per heavy atom. The molecule has 9 heteroatoms. The number of likely N-dealkylation sites (tertiary alicyclic amines) is 1. The molecule has 0 radical (unpaired) electrons. The molecule has 1 atom stereocenters. The number of piperidine rings is 1. The molecule has 1 aliphatic rings. The normalized spacial score (nSPS) is 18.9. The molecule has 1 aromatic heterocycles. The zero-order valence-corrected chi connectivity index (χ0v) is 16.5. The van der Waals surface area contributed by atoms with Crippen molar-refractivity contribution in [2.45, 2.75) is 63.8 Å². The van der Waals surface area contributed by atoms with Gasteiger partial charge in [-0.05, 0) is 53.0 Å². The van der Waals surface area contributed by atoms with Crippen LogP contribution in [0.4, 0.5) is 4.79 Å². The van der Waals surface area contributed by atoms with Crippen LogP contribution >= 0.6 is 11.6 Å². The number of carbonyl (C=O) groups excluding carboxylic acids is 1. The molecule has 1 saturated heterocycles. The molecule has 0 saturated carbocycles. The van der Waals surface area contributed by atoms with Gasteiger partial charge < -0.3 is 9.64 Å². The standard InChI is InChI=1S/C16H24ClN3O4S/c1-11-9-13(17)19-14(18-11)25(22,23)10-12-7-5-6-8-20(12)15(21)24-16(2,3)4/h9,12H,5-8,10H2,1-4H3. The Kier molecular flexibility index (Phi) is 5.93. The van der Waals surface area contributed by atoms with E-state index in [1.807, 2.05) is 0 Å². The van der Waals surface area contributed by atoms with Gasteiger partial charge in [0, 0.05) is 18.3 Å². The minimum absolute atomic E-state index is 0.0821. The van der Waals surface area contributed by atoms with Gasteiger partial charge in [0.25, 0.3) is 0 Å². The molecule has 25 heavy (non-hydrogen) atoms. The Bertz CT molecular complexity index is 726. The molecule has 0 bridgehead atoms. The van der Waals surface area contributed by atoms with Gasteiger partial charge in [0.15, 0.2) is 0 Å². The third-order valence-corrected chi connectivity index (χ3v) is 5.50. The van der Waals surface area contributed by atoms with Gasteiger partial charge in [0.2, 0.25) is 15.0 Å². The fourth-order valence-corrected chi connectivity index (χ4v) is 4.52. The summed E-state index contributed by atoms with van der Waals surface area (Å²) in [6.45, 7) is 7.47. The van der Waals surface area contributed by atoms with Crippen molar-refractivity contribution in [3.8, 4) is 0 Å². The highest BCUT2D eigenvalue weighted by Gasteiger charge is 2.35. The van der Waals surface area contributed by atoms with E-state index in [9.17, 15) is 13.2 Å². The first kappa shape index (κ1) is 19.9. The van der Waals surface area contributed by atoms with E-state index in [1.54, 1.807) is 27.7 Å². The number of rotatable bonds is 3. The van der Waals surface area contributed by atoms with Crippen LogP contribution in [-0.2, 0) is 14.6 Å². The maximum Gasteiger partial charge on any atom is 0.410 e. The summed E-state index contributed by atoms with van der Waals surface area (Å²) in [5, 5.41) is -0.217. The summed E-state index contributed by atoms with van der Waals surface area (Å²) < 4.78 is 30.8. The Morgan fingerprint density at radius 3 is 2.64 bits per heavy atom. The summed E-state index contributed by atoms with van der Waals surface area (Å²) >= 11 is 5.85. The lowest BCUT2D eigenvalue weighted by molar-refractivity contribution is 0.0124. The lowest BCUT2D eigenvalue weighted by Crippen LogP contribution is -2.49. The number of aryl methyl sites for hydroxylation is 1. The lowest BCUT2D eigenvalue weighted by atomic mass is 10.0. The van der Waals surface area contributed by atoms with E-state index in [2.05, 4.69) is 9.97 Å². The zero-order valence-electron chi connectivity index (χ0n) is 15.0. The van der Waals surface area contributed by atoms with Gasteiger partial charge in [-0.1, -0.05) is 11.6 Å². The highest BCUT2D eigenvalue weighted by Crippen LogP contribution is 2.23. The first-order valence-electron chi connectivity index (χ1n) is 8.21. The SMILES string of the molecule is Cc1cc(Cl)nc(S(=O)(=O)CC2CCCCN2C(=O)OC(C)(C)C)n1. The number of aromatic nitrogens is 2. The van der Waals surface area contributed by atoms with Crippen molar-refractivity contribution in [3.05, 3.63) is 16.9 Å². The molecule has 1 amide bonds. The topological polar surface area (TPSA) is 89.5 Å². The van der Waals surface area contributed by atoms with E-state index in [1.165, 1.54) is 11.0 Å². The fourth-order valence-electron chi connectivity index (χ4n) is 2.71. The van der Waals surface area contributed by atoms with Gasteiger partial charge in [-0.2, -0.15) is 0 Å². The van der Waals surface area contributed by atoms with E-state index in [0.29, 0.717) is 18.7 Å². The van der Waals surface area contributed by atoms with Crippen molar-refractivity contribution in [1.82, 2.24) is 14.9 Å². The molecule has 1 unspecified atom stereocenters. The number of sulfone groups is 1. The molecule has 0 aromatic carbocycles. The van der Waals surface area contributed by atoms with Crippen molar-refractivity contribution < 1.29 is 17.9 Å². The van der Waals surface area contributed by atoms with Crippen molar-refractivity contribution in [2.24, 2.45) is 0 Å². The van der Waals surface area contributed by atoms with Gasteiger partial charge >= 0.3 is 6.09 Å². The van der Waals surface area contributed by atoms with Crippen molar-refractivity contribution in [2.75, 3.05) is 12.3 Å². The number of carbonyl (C=O) groups is 1. The quantitative estimate of drug-likeness (QED) is 0.583. The van der Waals surface area contributed by atoms with E-state index < -0.39 is 27.6 Å². The van der Waals surface area contributed by atoms with Gasteiger partial charge in [0.1, 0.15) is 10.8 Å². The average Bonchev–Trinajstić information content (AvgIpc) is 2.44. The van der Waals surface area contributed by atoms with Gasteiger partial charge in [0.05, 0.1) is 5.75 Å². The van der Waals surface area contributed by atoms with Gasteiger partial charge in [-0.3, -0.25) is 0 Å². The third-order valence-electron chi connectivity index (χ3n) is 3.75. The van der Waals surface area contributed by atoms with Gasteiger partial charge in [-0.25, -0.2) is 23.2 Å². The number of nitrogens with zero attached hydrogens (tertiary/aromatic N) is 3. The number of amides is 1. The van der Waals surface area contributed by atoms with Crippen LogP contribution in [0.2, 0.25) is 5.15 Å². The summed E-state index contributed by atoms with van der Waals surface area (Å²) in [6, 6.07) is 1.03. The first-order chi connectivity index (χ1) is 11.5. The second-order valence-electron chi connectivity index (χ2n) is 7.22. The lowest BCUT2D eigenvalue weighted by Gasteiger charge is -2.36. The molecular weight excluding hydrogens is 366 g/mol. The summed E-state index contributed by atoms with van der Waals surface area (Å²) in [6.07, 6.45) is 1.78. The fraction of sp³-hybridized carbons (Fsp3) is 0.688. The molecule has 1 fully saturated rings. The van der Waals surface area contributed by atoms with Crippen molar-refractivity contribution in [3.63, 3.8) is 0 Å². The second-order valence-corrected chi connectivity index (χ2v) is 9.53. The predicted molar refractivity (Wildman–Crippen MR) is 94.4 cm³/mol. The monoisotopic (exact) mass is 389 g/mol. The minimum Gasteiger partial charge on any atom is -0.444 e. The second kappa shape index (κ2) is 7.45. The highest BCUT2D eigenvalue weighted by atomic mass is 35.5. The number of hydrogen-bond acceptors (Lipinski definition) is 6. The van der Waals surface area contributed by atoms with E-state index in [0.717, 1.165) is 12.8 Å². The number of halogens is 1. The van der Waals surface area contributed by atoms with Crippen LogP contribution in [0.1, 0.15) is 45.7 Å². The molecule has 7 nitrogen and oxygen atoms in total. The molecular formula is C16H24ClN3O4S. The number of hydrogen-bond donors (Lipinski definition) is 0. The smallest absolute Gasteiger partial charge is 0.410 e. The summed E-state index contributed by atoms with van der Waals surface area (Å²) in [4.78, 5) is 21.7. The van der Waals surface area contributed by atoms with E-state index >= 15 is 0 Å². The minimum atomic E-state index is -3.77. The molecule has 2 rings (SSSR count). The van der Waals surface area contributed by atoms with Crippen molar-refractivity contribution in [1.29, 1.82) is 0 Å². The van der Waals surface area contributed by atoms with E-state index in [-0.39, 0.29) is 16.1 Å². The highest BCUT2D eigenvalue weighted by molar-refractivity contribution is 7.91. The Hall–Kier alpha value is -1.41. The van der Waals surface area contributed by atoms with Crippen LogP contribution in [-0.4, -0.2) is 53.3 Å². The molecule has 0 aliphatic carbocycles. The largest absolute Gasteiger partial charge is 0.444 e. The van der Waals surface area contributed by atoms with E-state index in [4.69, 9.17) is 16.3 Å². The predicted octanol–water partition coefficient (Wildman–Crippen LogP) is 3.00. The third kappa shape index (κ3) is 5.54. The maximum absolute atomic E-state index is 12.7. The molecule has 0 spiro atoms. The van der Waals surface area contributed by atoms with Crippen LogP contribution in [0.3, 0.4) is 0 Å². The molecule has 140 valence electrons. The van der Waals surface area contributed by atoms with Crippen molar-refractivity contribution >= 4 is 27.5 Å². The van der Waals surface area contributed by atoms with Crippen LogP contribution in [0, 0.1) is 6.92 Å². The first-order valence-corrected chi connectivity index (χ1v) is 10.2. The maximum atomic E-state index is 12.7. The van der Waals surface area contributed by atoms with Crippen LogP contribution in [0.5, 0.6) is 0 Å². The Morgan fingerprint density at radius 2 is 2.04 bits per heavy atom. The van der Waals surface area contributed by atoms with Crippen LogP contribution in [0.15, 0.2) is 11.2 Å². The summed E-state index contributed by atoms with van der Waals surface area (Å²) in [7, 11) is -3.77. The molecule has 1 aromatic rings. The van der Waals surface area contributed by atoms with Crippen LogP contribution < -0.4 is 0 Å². The summed E-state index contributed by atoms with van der Waals surface area (Å²) in [5.41, 5.74) is -0.156. The van der Waals surface area contributed by atoms with Crippen LogP contribution in [0.25, 0.3) is 0 Å². The molecule has 0 N–H and O–H groups in total. The number of ether oxygens (including phenoxy) is 1. The Labute approximate surface area is 153 Å². The summed E-state index contributed by atoms with van der Waals surface area (Å²) in [5.74, 6) is -0.244. The van der Waals surface area contributed by atoms with Gasteiger partial charge in [-0.15, -0.1) is 0 Å². The molecule has 1 aliphatic heterocycles. The molecule has 2 heterocycles. The average molecular weight is 390 g/mol.